The second kappa shape index (κ2) is 16.7. The number of rotatable bonds is 0. The fourth-order valence-electron chi connectivity index (χ4n) is 0. The molecule has 0 saturated carbocycles. The Kier molecular flexibility index (Phi) is 66.6. The molecule has 42 valence electrons. The third-order valence-corrected chi connectivity index (χ3v) is 0. The van der Waals surface area contributed by atoms with Crippen molar-refractivity contribution < 1.29 is 42.2 Å². The van der Waals surface area contributed by atoms with Crippen LogP contribution in [0, 0.1) is 15.3 Å². The van der Waals surface area contributed by atoms with Crippen molar-refractivity contribution in [2.75, 3.05) is 0 Å². The van der Waals surface area contributed by atoms with Crippen molar-refractivity contribution in [2.45, 2.75) is 0 Å². The largest absolute Gasteiger partial charge is 2.00 e. The summed E-state index contributed by atoms with van der Waals surface area (Å²) in [7, 11) is 0. The van der Waals surface area contributed by atoms with Crippen molar-refractivity contribution in [3.63, 3.8) is 0 Å². The van der Waals surface area contributed by atoms with Crippen LogP contribution >= 0.6 is 0 Å². The van der Waals surface area contributed by atoms with E-state index in [1.807, 2.05) is 0 Å². The molecule has 0 bridgehead atoms. The minimum Gasteiger partial charge on any atom is -0.412 e. The number of hydrogen-bond donors (Lipinski definition) is 0. The summed E-state index contributed by atoms with van der Waals surface area (Å²) in [5.74, 6) is 0. The Morgan fingerprint density at radius 3 is 1.14 bits per heavy atom. The van der Waals surface area contributed by atoms with E-state index >= 15 is 0 Å². The molecule has 0 atom stereocenters. The normalized spacial score (nSPS) is 3.43. The van der Waals surface area contributed by atoms with Crippen LogP contribution in [0.2, 0.25) is 0 Å². The standard InChI is InChI=1S/NO3.2H2O.Zr/c2-1(3)4;;;/h;2*1H2;/q-1;;;+2. The van der Waals surface area contributed by atoms with Crippen LogP contribution in [-0.2, 0) is 26.2 Å². The molecule has 0 aliphatic heterocycles. The first-order valence-electron chi connectivity index (χ1n) is 0.548. The molecule has 7 heavy (non-hydrogen) atoms. The van der Waals surface area contributed by atoms with Crippen molar-refractivity contribution in [3.05, 3.63) is 15.3 Å². The van der Waals surface area contributed by atoms with Crippen molar-refractivity contribution in [2.24, 2.45) is 0 Å². The molecule has 0 spiro atoms. The van der Waals surface area contributed by atoms with Crippen LogP contribution in [0.1, 0.15) is 0 Å². The zero-order chi connectivity index (χ0) is 3.58. The maximum Gasteiger partial charge on any atom is 2.00 e. The Balaban J connectivity index is -0.0000000150. The topological polar surface area (TPSA) is 129 Å². The quantitative estimate of drug-likeness (QED) is 0.326. The Hall–Kier alpha value is 0.00312. The van der Waals surface area contributed by atoms with Crippen molar-refractivity contribution in [1.82, 2.24) is 0 Å². The molecule has 0 heterocycles. The first-order valence-corrected chi connectivity index (χ1v) is 0.548. The molecule has 4 N–H and O–H groups in total. The van der Waals surface area contributed by atoms with Crippen LogP contribution in [0.4, 0.5) is 0 Å². The van der Waals surface area contributed by atoms with Gasteiger partial charge in [-0.1, -0.05) is 0 Å². The van der Waals surface area contributed by atoms with Gasteiger partial charge >= 0.3 is 26.2 Å². The van der Waals surface area contributed by atoms with Crippen LogP contribution in [0.3, 0.4) is 0 Å². The molecular weight excluding hydrogens is 185 g/mol. The first kappa shape index (κ1) is 28.0. The molecule has 0 aliphatic rings. The van der Waals surface area contributed by atoms with E-state index in [1.165, 1.54) is 0 Å². The third kappa shape index (κ3) is 9900000. The summed E-state index contributed by atoms with van der Waals surface area (Å²) >= 11 is 0. The van der Waals surface area contributed by atoms with Crippen LogP contribution in [0.25, 0.3) is 0 Å². The van der Waals surface area contributed by atoms with E-state index < -0.39 is 5.09 Å². The fraction of sp³-hybridized carbons (Fsp3) is 0. The van der Waals surface area contributed by atoms with Crippen LogP contribution in [-0.4, -0.2) is 16.0 Å². The number of hydrogen-bond acceptors (Lipinski definition) is 3. The molecule has 7 heteroatoms. The van der Waals surface area contributed by atoms with E-state index in [-0.39, 0.29) is 37.2 Å². The average molecular weight is 189 g/mol. The van der Waals surface area contributed by atoms with E-state index in [2.05, 4.69) is 0 Å². The van der Waals surface area contributed by atoms with Gasteiger partial charge in [-0.05, 0) is 0 Å². The molecule has 0 aromatic heterocycles. The van der Waals surface area contributed by atoms with E-state index in [9.17, 15) is 0 Å². The zero-order valence-electron chi connectivity index (χ0n) is 3.17. The van der Waals surface area contributed by atoms with Gasteiger partial charge in [0.25, 0.3) is 0 Å². The summed E-state index contributed by atoms with van der Waals surface area (Å²) in [5.41, 5.74) is 0. The summed E-state index contributed by atoms with van der Waals surface area (Å²) in [6.45, 7) is 0. The Labute approximate surface area is 58.0 Å². The monoisotopic (exact) mass is 188 g/mol. The van der Waals surface area contributed by atoms with Crippen LogP contribution in [0.5, 0.6) is 0 Å². The van der Waals surface area contributed by atoms with Gasteiger partial charge in [0.1, 0.15) is 0 Å². The van der Waals surface area contributed by atoms with Crippen LogP contribution in [0.15, 0.2) is 0 Å². The summed E-state index contributed by atoms with van der Waals surface area (Å²) in [6.07, 6.45) is 0. The van der Waals surface area contributed by atoms with Crippen molar-refractivity contribution >= 4 is 0 Å². The molecule has 0 unspecified atom stereocenters. The molecule has 0 saturated heterocycles. The van der Waals surface area contributed by atoms with E-state index in [4.69, 9.17) is 15.3 Å². The average Bonchev–Trinajstić information content (AvgIpc) is 0.811. The second-order valence-corrected chi connectivity index (χ2v) is 0.224. The molecule has 0 amide bonds. The minimum atomic E-state index is -1.75. The molecule has 0 rings (SSSR count). The first-order chi connectivity index (χ1) is 1.73. The minimum absolute atomic E-state index is 0. The third-order valence-electron chi connectivity index (χ3n) is 0. The van der Waals surface area contributed by atoms with Gasteiger partial charge in [0, 0.05) is 0 Å². The van der Waals surface area contributed by atoms with E-state index in [0.29, 0.717) is 0 Å². The van der Waals surface area contributed by atoms with Crippen molar-refractivity contribution in [3.8, 4) is 0 Å². The summed E-state index contributed by atoms with van der Waals surface area (Å²) in [4.78, 5) is 8.25. The van der Waals surface area contributed by atoms with Gasteiger partial charge in [-0.2, -0.15) is 0 Å². The Bertz CT molecular complexity index is 31.1. The Morgan fingerprint density at radius 1 is 1.14 bits per heavy atom. The van der Waals surface area contributed by atoms with Crippen molar-refractivity contribution in [1.29, 1.82) is 0 Å². The molecular formula is H4NO5Zr+. The van der Waals surface area contributed by atoms with Gasteiger partial charge in [-0.3, -0.25) is 0 Å². The predicted octanol–water partition coefficient (Wildman–Crippen LogP) is -1.89. The summed E-state index contributed by atoms with van der Waals surface area (Å²) < 4.78 is 0. The van der Waals surface area contributed by atoms with E-state index in [0.717, 1.165) is 0 Å². The van der Waals surface area contributed by atoms with Gasteiger partial charge in [0.15, 0.2) is 0 Å². The predicted molar refractivity (Wildman–Crippen MR) is 17.6 cm³/mol. The van der Waals surface area contributed by atoms with Gasteiger partial charge in [0.2, 0.25) is 0 Å². The summed E-state index contributed by atoms with van der Waals surface area (Å²) in [6, 6.07) is 0. The molecule has 0 aromatic carbocycles. The molecule has 0 fully saturated rings. The SMILES string of the molecule is O.O.O=[N+]([O-])[O-].[Zr+2]. The fourth-order valence-corrected chi connectivity index (χ4v) is 0. The van der Waals surface area contributed by atoms with Crippen LogP contribution < -0.4 is 0 Å². The smallest absolute Gasteiger partial charge is 0.412 e. The molecule has 0 aromatic rings. The Morgan fingerprint density at radius 2 is 1.14 bits per heavy atom. The van der Waals surface area contributed by atoms with Gasteiger partial charge in [0.05, 0.1) is 5.09 Å². The molecule has 6 nitrogen and oxygen atoms in total. The zero-order valence-corrected chi connectivity index (χ0v) is 5.63. The maximum absolute atomic E-state index is 8.25. The molecule has 0 radical (unpaired) electrons. The van der Waals surface area contributed by atoms with Gasteiger partial charge in [-0.25, -0.2) is 0 Å². The van der Waals surface area contributed by atoms with Gasteiger partial charge < -0.3 is 26.3 Å². The van der Waals surface area contributed by atoms with E-state index in [1.54, 1.807) is 0 Å². The number of nitrogens with zero attached hydrogens (tertiary/aromatic N) is 1. The second-order valence-electron chi connectivity index (χ2n) is 0.224. The summed E-state index contributed by atoms with van der Waals surface area (Å²) in [5, 5.41) is 14.8. The maximum atomic E-state index is 8.25. The van der Waals surface area contributed by atoms with Gasteiger partial charge in [-0.15, -0.1) is 0 Å². The molecule has 0 aliphatic carbocycles.